The predicted octanol–water partition coefficient (Wildman–Crippen LogP) is -14.9. The first-order chi connectivity index (χ1) is 39.0. The average molecular weight is 1210 g/mol. The number of hydrogen-bond donors (Lipinski definition) is 20. The van der Waals surface area contributed by atoms with Gasteiger partial charge in [0.25, 0.3) is 0 Å². The summed E-state index contributed by atoms with van der Waals surface area (Å²) in [5.74, 6) is 0. The van der Waals surface area contributed by atoms with Gasteiger partial charge in [-0.1, -0.05) is 0 Å². The summed E-state index contributed by atoms with van der Waals surface area (Å²) < 4.78 is 96.3. The second-order valence-corrected chi connectivity index (χ2v) is 21.1. The molecule has 0 aromatic heterocycles. The summed E-state index contributed by atoms with van der Waals surface area (Å²) >= 11 is 0. The van der Waals surface area contributed by atoms with E-state index in [1.807, 2.05) is 0 Å². The molecule has 82 heavy (non-hydrogen) atoms. The van der Waals surface area contributed by atoms with E-state index in [0.29, 0.717) is 0 Å². The highest BCUT2D eigenvalue weighted by Gasteiger charge is 2.57. The molecule has 9 heterocycles. The first kappa shape index (κ1) is 65.0. The fraction of sp³-hybridized carbons (Fsp3) is 1.00. The zero-order chi connectivity index (χ0) is 59.2. The molecule has 0 spiro atoms. The minimum absolute atomic E-state index is 0.402. The molecular formula is C45H74O37. The van der Waals surface area contributed by atoms with Crippen LogP contribution in [-0.4, -0.2) is 383 Å². The SMILES string of the molecule is OC[C@@H]1O[C@@H](OC2[C@H](O[C@@H]3CO[C@H](O[C@@H]4CO[C@H](O[C@@H]5CO[C@H](O[C@@H]6CO[C@@H](O[C@@H]7CO[C@@H](O)C(O)[C@H]7O)C(O)[C@H]6O)C(O)[C@H]5O)C(O)[C@H]4O)C(O)[C@H]3O)OC[C@@H](O[C@@H]3OC[C@@H](O)[C@H](O)C3O)[C@@H]2O[C@@H]2O[C@@H](CO)[C@@H](O)C2O)C(O)[C@@H]1O. The molecule has 0 amide bonds. The van der Waals surface area contributed by atoms with E-state index in [-0.39, 0.29) is 0 Å². The summed E-state index contributed by atoms with van der Waals surface area (Å²) in [5, 5.41) is 212. The van der Waals surface area contributed by atoms with Gasteiger partial charge in [0.05, 0.1) is 59.5 Å². The fourth-order valence-electron chi connectivity index (χ4n) is 10.4. The zero-order valence-corrected chi connectivity index (χ0v) is 43.0. The van der Waals surface area contributed by atoms with E-state index < -0.39 is 281 Å². The lowest BCUT2D eigenvalue weighted by Gasteiger charge is -2.47. The van der Waals surface area contributed by atoms with Crippen LogP contribution in [0.3, 0.4) is 0 Å². The van der Waals surface area contributed by atoms with E-state index in [0.717, 1.165) is 0 Å². The Labute approximate surface area is 463 Å². The van der Waals surface area contributed by atoms with Crippen LogP contribution in [0.2, 0.25) is 0 Å². The largest absolute Gasteiger partial charge is 0.394 e. The number of ether oxygens (including phenoxy) is 17. The minimum atomic E-state index is -2.03. The quantitative estimate of drug-likeness (QED) is 0.0606. The van der Waals surface area contributed by atoms with Crippen molar-refractivity contribution >= 4 is 0 Å². The van der Waals surface area contributed by atoms with Gasteiger partial charge < -0.3 is 183 Å². The smallest absolute Gasteiger partial charge is 0.187 e. The average Bonchev–Trinajstić information content (AvgIpc) is 4.09. The molecule has 0 aliphatic carbocycles. The van der Waals surface area contributed by atoms with Gasteiger partial charge in [0, 0.05) is 0 Å². The van der Waals surface area contributed by atoms with E-state index in [1.165, 1.54) is 0 Å². The third kappa shape index (κ3) is 13.7. The highest BCUT2D eigenvalue weighted by molar-refractivity contribution is 4.98. The van der Waals surface area contributed by atoms with Crippen LogP contribution >= 0.6 is 0 Å². The highest BCUT2D eigenvalue weighted by atomic mass is 16.8. The second kappa shape index (κ2) is 27.9. The number of aliphatic hydroxyl groups is 20. The summed E-state index contributed by atoms with van der Waals surface area (Å²) in [4.78, 5) is 0. The lowest BCUT2D eigenvalue weighted by atomic mass is 10.0. The van der Waals surface area contributed by atoms with E-state index in [2.05, 4.69) is 0 Å². The van der Waals surface area contributed by atoms with Crippen LogP contribution < -0.4 is 0 Å². The van der Waals surface area contributed by atoms with E-state index in [4.69, 9.17) is 80.5 Å². The minimum Gasteiger partial charge on any atom is -0.394 e. The van der Waals surface area contributed by atoms with Crippen molar-refractivity contribution in [1.82, 2.24) is 0 Å². The Hall–Kier alpha value is -1.48. The van der Waals surface area contributed by atoms with Crippen LogP contribution in [0.4, 0.5) is 0 Å². The van der Waals surface area contributed by atoms with Crippen LogP contribution in [0.1, 0.15) is 0 Å². The van der Waals surface area contributed by atoms with Gasteiger partial charge in [0.1, 0.15) is 165 Å². The van der Waals surface area contributed by atoms with E-state index >= 15 is 0 Å². The number of hydrogen-bond acceptors (Lipinski definition) is 37. The van der Waals surface area contributed by atoms with Crippen molar-refractivity contribution in [3.05, 3.63) is 0 Å². The molecule has 20 N–H and O–H groups in total. The summed E-state index contributed by atoms with van der Waals surface area (Å²) in [7, 11) is 0. The zero-order valence-electron chi connectivity index (χ0n) is 43.0. The Morgan fingerprint density at radius 3 is 0.902 bits per heavy atom. The first-order valence-corrected chi connectivity index (χ1v) is 26.3. The lowest BCUT2D eigenvalue weighted by molar-refractivity contribution is -0.384. The molecular weight excluding hydrogens is 1130 g/mol. The predicted molar refractivity (Wildman–Crippen MR) is 243 cm³/mol. The Morgan fingerprint density at radius 2 is 0.524 bits per heavy atom. The maximum absolute atomic E-state index is 11.5. The Bertz CT molecular complexity index is 1980. The molecule has 0 aromatic rings. The molecule has 9 aliphatic rings. The molecule has 0 aromatic carbocycles. The van der Waals surface area contributed by atoms with E-state index in [1.54, 1.807) is 0 Å². The van der Waals surface area contributed by atoms with Crippen molar-refractivity contribution in [2.45, 2.75) is 221 Å². The lowest BCUT2D eigenvalue weighted by Crippen LogP contribution is -2.64. The Balaban J connectivity index is 0.794. The Morgan fingerprint density at radius 1 is 0.244 bits per heavy atom. The van der Waals surface area contributed by atoms with Gasteiger partial charge in [-0.15, -0.1) is 0 Å². The molecule has 0 radical (unpaired) electrons. The van der Waals surface area contributed by atoms with Gasteiger partial charge in [-0.05, 0) is 0 Å². The van der Waals surface area contributed by atoms with Gasteiger partial charge in [-0.25, -0.2) is 0 Å². The fourth-order valence-corrected chi connectivity index (χ4v) is 10.4. The normalized spacial score (nSPS) is 54.3. The summed E-state index contributed by atoms with van der Waals surface area (Å²) in [6.07, 6.45) is -61.6. The van der Waals surface area contributed by atoms with Gasteiger partial charge >= 0.3 is 0 Å². The molecule has 9 rings (SSSR count). The molecule has 9 fully saturated rings. The number of aliphatic hydroxyl groups excluding tert-OH is 20. The summed E-state index contributed by atoms with van der Waals surface area (Å²) in [6, 6.07) is 0. The van der Waals surface area contributed by atoms with Crippen molar-refractivity contribution in [2.24, 2.45) is 0 Å². The molecule has 37 heteroatoms. The van der Waals surface area contributed by atoms with Crippen molar-refractivity contribution in [2.75, 3.05) is 59.5 Å². The number of rotatable bonds is 18. The second-order valence-electron chi connectivity index (χ2n) is 21.1. The standard InChI is InChI=1S/C45H74O37/c46-1-11-20(50)33(63)43(73-11)81-35-18(80-38-28(58)19(49)10(48)3-67-38)9-72-45(36(35)82-44-34(64)21(51)12(2-47)74-44)79-17-8-71-42(32(62)26(17)56)78-16-7-70-41(31(61)25(16)55)77-15-6-69-40(30(60)24(15)54)76-14-5-68-39(29(59)23(14)53)75-13-4-66-37(65)27(57)22(13)52/h10-65H,1-9H2/t10-,11+,12+,13-,14-,15-,16-,17-,18-,19+,20-,21-,22+,23+,24+,25+,26+,27?,28?,29?,30?,31?,32?,33?,34?,35+,36?,37-,38+,39+,40-,41-,42-,43+,44+,45+/m1/s1. The molecule has 0 bridgehead atoms. The van der Waals surface area contributed by atoms with Crippen LogP contribution in [-0.2, 0) is 80.5 Å². The summed E-state index contributed by atoms with van der Waals surface area (Å²) in [5.41, 5.74) is 0. The van der Waals surface area contributed by atoms with Crippen LogP contribution in [0.5, 0.6) is 0 Å². The van der Waals surface area contributed by atoms with E-state index in [9.17, 15) is 102 Å². The molecule has 0 saturated carbocycles. The topological polar surface area (TPSA) is 562 Å². The van der Waals surface area contributed by atoms with Gasteiger partial charge in [-0.3, -0.25) is 0 Å². The molecule has 9 saturated heterocycles. The third-order valence-corrected chi connectivity index (χ3v) is 15.5. The molecule has 36 atom stereocenters. The molecule has 9 aliphatic heterocycles. The Kier molecular flexibility index (Phi) is 22.1. The van der Waals surface area contributed by atoms with Crippen LogP contribution in [0.15, 0.2) is 0 Å². The van der Waals surface area contributed by atoms with Crippen molar-refractivity contribution in [1.29, 1.82) is 0 Å². The maximum Gasteiger partial charge on any atom is 0.187 e. The summed E-state index contributed by atoms with van der Waals surface area (Å²) in [6.45, 7) is -5.44. The first-order valence-electron chi connectivity index (χ1n) is 26.3. The monoisotopic (exact) mass is 1210 g/mol. The highest BCUT2D eigenvalue weighted by Crippen LogP contribution is 2.37. The van der Waals surface area contributed by atoms with Crippen molar-refractivity contribution in [3.8, 4) is 0 Å². The molecule has 37 nitrogen and oxygen atoms in total. The van der Waals surface area contributed by atoms with Gasteiger partial charge in [-0.2, -0.15) is 0 Å². The van der Waals surface area contributed by atoms with Crippen molar-refractivity contribution in [3.63, 3.8) is 0 Å². The van der Waals surface area contributed by atoms with Crippen LogP contribution in [0, 0.1) is 0 Å². The van der Waals surface area contributed by atoms with Gasteiger partial charge in [0.2, 0.25) is 0 Å². The molecule has 476 valence electrons. The van der Waals surface area contributed by atoms with Crippen molar-refractivity contribution < 1.29 is 183 Å². The maximum atomic E-state index is 11.5. The molecule has 9 unspecified atom stereocenters. The van der Waals surface area contributed by atoms with Gasteiger partial charge in [0.15, 0.2) is 56.6 Å². The third-order valence-electron chi connectivity index (χ3n) is 15.5. The van der Waals surface area contributed by atoms with Crippen LogP contribution in [0.25, 0.3) is 0 Å².